The van der Waals surface area contributed by atoms with E-state index in [2.05, 4.69) is 27.2 Å². The second kappa shape index (κ2) is 10.5. The molecular formula is C23H22Cl2N4O6. The lowest BCUT2D eigenvalue weighted by Crippen LogP contribution is -2.52. The molecule has 2 atom stereocenters. The minimum absolute atomic E-state index is 0.0101. The highest BCUT2D eigenvalue weighted by atomic mass is 35.5. The molecule has 35 heavy (non-hydrogen) atoms. The van der Waals surface area contributed by atoms with Gasteiger partial charge >= 0.3 is 0 Å². The number of fused-ring (bicyclic) bond motifs is 1. The van der Waals surface area contributed by atoms with E-state index in [4.69, 9.17) is 41.8 Å². The largest absolute Gasteiger partial charge is 0.495 e. The van der Waals surface area contributed by atoms with Crippen LogP contribution in [-0.2, 0) is 9.53 Å². The quantitative estimate of drug-likeness (QED) is 0.338. The van der Waals surface area contributed by atoms with Crippen LogP contribution in [0.2, 0.25) is 10.0 Å². The number of hydrogen-bond acceptors (Lipinski definition) is 9. The standard InChI is InChI=1S/C23H22Cl2N4O6/c1-4-18(30)28-11-5-6-34-10-13(11)27-17-8-14-12(9-26-17)29-23(35-14)22(31)19-20(24)15(32-2)7-16(33-3)21(19)25/h4,7-9,11,13H,1,5-6,10H2,2-3H3,(H,26,27)(H,28,30). The molecule has 0 aliphatic carbocycles. The molecule has 0 bridgehead atoms. The highest BCUT2D eigenvalue weighted by molar-refractivity contribution is 6.42. The SMILES string of the molecule is C=CC(=O)NC1CCOCC1Nc1cc2oc(C(=O)c3c(Cl)c(OC)cc(OC)c3Cl)nc2cn1. The van der Waals surface area contributed by atoms with E-state index in [9.17, 15) is 9.59 Å². The lowest BCUT2D eigenvalue weighted by molar-refractivity contribution is -0.117. The smallest absolute Gasteiger partial charge is 0.269 e. The van der Waals surface area contributed by atoms with Gasteiger partial charge < -0.3 is 29.3 Å². The van der Waals surface area contributed by atoms with Gasteiger partial charge in [-0.05, 0) is 12.5 Å². The van der Waals surface area contributed by atoms with Gasteiger partial charge in [-0.2, -0.15) is 0 Å². The number of carbonyl (C=O) groups excluding carboxylic acids is 2. The average molecular weight is 521 g/mol. The van der Waals surface area contributed by atoms with Crippen molar-refractivity contribution in [3.63, 3.8) is 0 Å². The maximum atomic E-state index is 13.2. The summed E-state index contributed by atoms with van der Waals surface area (Å²) in [7, 11) is 2.82. The Bertz CT molecular complexity index is 1270. The van der Waals surface area contributed by atoms with Crippen molar-refractivity contribution in [1.82, 2.24) is 15.3 Å². The number of hydrogen-bond donors (Lipinski definition) is 2. The predicted octanol–water partition coefficient (Wildman–Crippen LogP) is 3.65. The molecule has 4 rings (SSSR count). The summed E-state index contributed by atoms with van der Waals surface area (Å²) < 4.78 is 21.7. The van der Waals surface area contributed by atoms with Crippen LogP contribution in [0, 0.1) is 0 Å². The number of ketones is 1. The Morgan fingerprint density at radius 3 is 2.54 bits per heavy atom. The van der Waals surface area contributed by atoms with Gasteiger partial charge in [-0.1, -0.05) is 29.8 Å². The van der Waals surface area contributed by atoms with Crippen LogP contribution in [0.1, 0.15) is 22.7 Å². The number of anilines is 1. The zero-order chi connectivity index (χ0) is 25.1. The number of aromatic nitrogens is 2. The van der Waals surface area contributed by atoms with Gasteiger partial charge in [-0.15, -0.1) is 0 Å². The number of benzene rings is 1. The summed E-state index contributed by atoms with van der Waals surface area (Å²) in [6.45, 7) is 4.38. The molecule has 1 amide bonds. The first kappa shape index (κ1) is 24.8. The molecule has 1 aromatic carbocycles. The fraction of sp³-hybridized carbons (Fsp3) is 0.304. The van der Waals surface area contributed by atoms with Crippen molar-refractivity contribution in [2.24, 2.45) is 0 Å². The Kier molecular flexibility index (Phi) is 7.44. The van der Waals surface area contributed by atoms with E-state index in [1.54, 1.807) is 6.07 Å². The summed E-state index contributed by atoms with van der Waals surface area (Å²) in [5.41, 5.74) is 0.622. The minimum Gasteiger partial charge on any atom is -0.495 e. The van der Waals surface area contributed by atoms with E-state index in [0.717, 1.165) is 0 Å². The maximum absolute atomic E-state index is 13.2. The van der Waals surface area contributed by atoms with Gasteiger partial charge in [0.2, 0.25) is 5.91 Å². The van der Waals surface area contributed by atoms with E-state index >= 15 is 0 Å². The van der Waals surface area contributed by atoms with Crippen LogP contribution in [-0.4, -0.2) is 61.2 Å². The van der Waals surface area contributed by atoms with Crippen molar-refractivity contribution in [2.75, 3.05) is 32.8 Å². The molecule has 1 aliphatic rings. The first-order chi connectivity index (χ1) is 16.9. The number of pyridine rings is 1. The molecule has 1 aliphatic heterocycles. The van der Waals surface area contributed by atoms with E-state index < -0.39 is 5.78 Å². The second-order valence-corrected chi connectivity index (χ2v) is 8.36. The zero-order valence-corrected chi connectivity index (χ0v) is 20.4. The van der Waals surface area contributed by atoms with Crippen molar-refractivity contribution in [3.8, 4) is 11.5 Å². The fourth-order valence-corrected chi connectivity index (χ4v) is 4.36. The second-order valence-electron chi connectivity index (χ2n) is 7.60. The molecule has 2 N–H and O–H groups in total. The maximum Gasteiger partial charge on any atom is 0.269 e. The summed E-state index contributed by atoms with van der Waals surface area (Å²) in [6.07, 6.45) is 3.32. The van der Waals surface area contributed by atoms with Crippen molar-refractivity contribution >= 4 is 51.8 Å². The first-order valence-electron chi connectivity index (χ1n) is 10.5. The van der Waals surface area contributed by atoms with Gasteiger partial charge in [0.05, 0.1) is 54.7 Å². The first-order valence-corrected chi connectivity index (χ1v) is 11.3. The lowest BCUT2D eigenvalue weighted by Gasteiger charge is -2.32. The number of rotatable bonds is 8. The van der Waals surface area contributed by atoms with Crippen LogP contribution >= 0.6 is 23.2 Å². The van der Waals surface area contributed by atoms with Crippen molar-refractivity contribution in [2.45, 2.75) is 18.5 Å². The molecular weight excluding hydrogens is 499 g/mol. The summed E-state index contributed by atoms with van der Waals surface area (Å²) in [6, 6.07) is 2.68. The number of methoxy groups -OCH3 is 2. The summed E-state index contributed by atoms with van der Waals surface area (Å²) in [5.74, 6) is -0.246. The Morgan fingerprint density at radius 2 is 1.89 bits per heavy atom. The van der Waals surface area contributed by atoms with Gasteiger partial charge in [0.15, 0.2) is 5.58 Å². The highest BCUT2D eigenvalue weighted by Crippen LogP contribution is 2.41. The molecule has 10 nitrogen and oxygen atoms in total. The molecule has 2 aromatic heterocycles. The van der Waals surface area contributed by atoms with E-state index in [0.29, 0.717) is 36.6 Å². The van der Waals surface area contributed by atoms with E-state index in [-0.39, 0.29) is 51.0 Å². The number of amides is 1. The molecule has 184 valence electrons. The summed E-state index contributed by atoms with van der Waals surface area (Å²) in [4.78, 5) is 33.6. The van der Waals surface area contributed by atoms with Gasteiger partial charge in [-0.3, -0.25) is 9.59 Å². The van der Waals surface area contributed by atoms with Crippen LogP contribution in [0.4, 0.5) is 5.82 Å². The van der Waals surface area contributed by atoms with Gasteiger partial charge in [-0.25, -0.2) is 9.97 Å². The molecule has 1 fully saturated rings. The molecule has 1 saturated heterocycles. The Balaban J connectivity index is 1.62. The van der Waals surface area contributed by atoms with Crippen LogP contribution < -0.4 is 20.1 Å². The Morgan fingerprint density at radius 1 is 1.17 bits per heavy atom. The lowest BCUT2D eigenvalue weighted by atomic mass is 10.0. The number of nitrogens with zero attached hydrogens (tertiary/aromatic N) is 2. The highest BCUT2D eigenvalue weighted by Gasteiger charge is 2.29. The third-order valence-corrected chi connectivity index (χ3v) is 6.22. The number of carbonyl (C=O) groups is 2. The Labute approximate surface area is 210 Å². The number of oxazole rings is 1. The number of halogens is 2. The van der Waals surface area contributed by atoms with Gasteiger partial charge in [0.25, 0.3) is 11.7 Å². The Hall–Kier alpha value is -3.34. The minimum atomic E-state index is -0.643. The molecule has 12 heteroatoms. The van der Waals surface area contributed by atoms with Gasteiger partial charge in [0, 0.05) is 18.7 Å². The molecule has 0 spiro atoms. The van der Waals surface area contributed by atoms with Crippen molar-refractivity contribution in [1.29, 1.82) is 0 Å². The average Bonchev–Trinajstić information content (AvgIpc) is 3.29. The van der Waals surface area contributed by atoms with Crippen LogP contribution in [0.15, 0.2) is 35.4 Å². The van der Waals surface area contributed by atoms with Crippen LogP contribution in [0.25, 0.3) is 11.1 Å². The van der Waals surface area contributed by atoms with Crippen molar-refractivity contribution in [3.05, 3.63) is 52.5 Å². The molecule has 0 radical (unpaired) electrons. The monoisotopic (exact) mass is 520 g/mol. The number of nitrogens with one attached hydrogen (secondary N) is 2. The normalized spacial score (nSPS) is 17.6. The molecule has 2 unspecified atom stereocenters. The third-order valence-electron chi connectivity index (χ3n) is 5.47. The summed E-state index contributed by atoms with van der Waals surface area (Å²) in [5, 5.41) is 6.15. The van der Waals surface area contributed by atoms with E-state index in [1.165, 1.54) is 32.6 Å². The molecule has 3 heterocycles. The third kappa shape index (κ3) is 5.04. The van der Waals surface area contributed by atoms with Crippen molar-refractivity contribution < 1.29 is 28.2 Å². The molecule has 0 saturated carbocycles. The molecule has 3 aromatic rings. The van der Waals surface area contributed by atoms with Crippen LogP contribution in [0.3, 0.4) is 0 Å². The van der Waals surface area contributed by atoms with Crippen LogP contribution in [0.5, 0.6) is 11.5 Å². The van der Waals surface area contributed by atoms with E-state index in [1.807, 2.05) is 0 Å². The number of ether oxygens (including phenoxy) is 3. The fourth-order valence-electron chi connectivity index (χ4n) is 3.68. The predicted molar refractivity (Wildman–Crippen MR) is 130 cm³/mol. The summed E-state index contributed by atoms with van der Waals surface area (Å²) >= 11 is 12.7. The zero-order valence-electron chi connectivity index (χ0n) is 18.9. The topological polar surface area (TPSA) is 125 Å². The van der Waals surface area contributed by atoms with Gasteiger partial charge in [0.1, 0.15) is 22.8 Å².